The Hall–Kier alpha value is -3.26. The van der Waals surface area contributed by atoms with Crippen molar-refractivity contribution in [3.8, 4) is 5.75 Å². The fourth-order valence-corrected chi connectivity index (χ4v) is 3.16. The number of hydrogen-bond acceptors (Lipinski definition) is 6. The number of likely N-dealkylation sites (tertiary alicyclic amines) is 1. The number of carbonyl (C=O) groups is 2. The SMILES string of the molecule is COCCN1C(=O)C(=O)/C(=C(/O)c2cc(F)ccc2OC)C1c1ccccn1. The van der Waals surface area contributed by atoms with Crippen molar-refractivity contribution >= 4 is 17.4 Å². The Kier molecular flexibility index (Phi) is 5.70. The number of aromatic nitrogens is 1. The lowest BCUT2D eigenvalue weighted by molar-refractivity contribution is -0.140. The quantitative estimate of drug-likeness (QED) is 0.466. The molecule has 0 saturated carbocycles. The van der Waals surface area contributed by atoms with Crippen LogP contribution in [-0.2, 0) is 14.3 Å². The van der Waals surface area contributed by atoms with E-state index in [0.29, 0.717) is 5.69 Å². The number of nitrogens with zero attached hydrogens (tertiary/aromatic N) is 2. The molecule has 7 nitrogen and oxygen atoms in total. The molecule has 1 aromatic carbocycles. The van der Waals surface area contributed by atoms with Gasteiger partial charge in [-0.25, -0.2) is 4.39 Å². The maximum Gasteiger partial charge on any atom is 0.295 e. The van der Waals surface area contributed by atoms with Crippen LogP contribution in [0, 0.1) is 5.82 Å². The van der Waals surface area contributed by atoms with E-state index in [0.717, 1.165) is 6.07 Å². The second kappa shape index (κ2) is 8.18. The molecule has 2 aromatic rings. The zero-order chi connectivity index (χ0) is 20.3. The first kappa shape index (κ1) is 19.5. The van der Waals surface area contributed by atoms with E-state index in [1.165, 1.54) is 37.4 Å². The van der Waals surface area contributed by atoms with Gasteiger partial charge in [0.25, 0.3) is 11.7 Å². The Balaban J connectivity index is 2.21. The van der Waals surface area contributed by atoms with Crippen molar-refractivity contribution in [2.45, 2.75) is 6.04 Å². The van der Waals surface area contributed by atoms with Gasteiger partial charge < -0.3 is 19.5 Å². The van der Waals surface area contributed by atoms with Crippen LogP contribution in [0.5, 0.6) is 5.75 Å². The van der Waals surface area contributed by atoms with Crippen molar-refractivity contribution in [1.82, 2.24) is 9.88 Å². The van der Waals surface area contributed by atoms with Crippen molar-refractivity contribution in [1.29, 1.82) is 0 Å². The second-order valence-corrected chi connectivity index (χ2v) is 6.08. The van der Waals surface area contributed by atoms with Gasteiger partial charge in [-0.05, 0) is 30.3 Å². The third kappa shape index (κ3) is 3.46. The molecule has 1 amide bonds. The van der Waals surface area contributed by atoms with Crippen molar-refractivity contribution in [3.05, 3.63) is 65.2 Å². The van der Waals surface area contributed by atoms with Crippen LogP contribution in [0.2, 0.25) is 0 Å². The fraction of sp³-hybridized carbons (Fsp3) is 0.250. The molecule has 0 spiro atoms. The molecule has 0 radical (unpaired) electrons. The Bertz CT molecular complexity index is 929. The smallest absolute Gasteiger partial charge is 0.295 e. The Morgan fingerprint density at radius 3 is 2.68 bits per heavy atom. The van der Waals surface area contributed by atoms with Gasteiger partial charge in [0.1, 0.15) is 23.4 Å². The van der Waals surface area contributed by atoms with E-state index in [-0.39, 0.29) is 30.0 Å². The average molecular weight is 386 g/mol. The minimum Gasteiger partial charge on any atom is -0.507 e. The molecule has 0 aliphatic carbocycles. The lowest BCUT2D eigenvalue weighted by Gasteiger charge is -2.24. The number of benzene rings is 1. The van der Waals surface area contributed by atoms with Gasteiger partial charge in [0.15, 0.2) is 0 Å². The van der Waals surface area contributed by atoms with Crippen molar-refractivity contribution < 1.29 is 28.6 Å². The molecule has 3 rings (SSSR count). The molecule has 2 heterocycles. The van der Waals surface area contributed by atoms with E-state index >= 15 is 0 Å². The standard InChI is InChI=1S/C20H19FN2O5/c1-27-10-9-23-17(14-5-3-4-8-22-14)16(19(25)20(23)26)18(24)13-11-12(21)6-7-15(13)28-2/h3-8,11,17,24H,9-10H2,1-2H3/b18-16+. The van der Waals surface area contributed by atoms with Gasteiger partial charge in [0.2, 0.25) is 0 Å². The molecule has 1 unspecified atom stereocenters. The van der Waals surface area contributed by atoms with Crippen LogP contribution < -0.4 is 4.74 Å². The molecular formula is C20H19FN2O5. The summed E-state index contributed by atoms with van der Waals surface area (Å²) in [4.78, 5) is 30.9. The molecule has 1 aliphatic rings. The molecule has 1 aromatic heterocycles. The Morgan fingerprint density at radius 1 is 1.25 bits per heavy atom. The van der Waals surface area contributed by atoms with E-state index in [4.69, 9.17) is 9.47 Å². The number of ether oxygens (including phenoxy) is 2. The summed E-state index contributed by atoms with van der Waals surface area (Å²) in [6, 6.07) is 7.68. The highest BCUT2D eigenvalue weighted by molar-refractivity contribution is 6.46. The highest BCUT2D eigenvalue weighted by Crippen LogP contribution is 2.40. The first-order chi connectivity index (χ1) is 13.5. The molecule has 1 fully saturated rings. The highest BCUT2D eigenvalue weighted by Gasteiger charge is 2.46. The lowest BCUT2D eigenvalue weighted by Crippen LogP contribution is -2.33. The van der Waals surface area contributed by atoms with Gasteiger partial charge in [0.05, 0.1) is 30.5 Å². The van der Waals surface area contributed by atoms with Crippen LogP contribution >= 0.6 is 0 Å². The summed E-state index contributed by atoms with van der Waals surface area (Å²) in [5.74, 6) is -2.64. The number of Topliss-reactive ketones (excluding diaryl/α,β-unsaturated/α-hetero) is 1. The average Bonchev–Trinajstić information content (AvgIpc) is 2.97. The van der Waals surface area contributed by atoms with Crippen LogP contribution in [0.1, 0.15) is 17.3 Å². The summed E-state index contributed by atoms with van der Waals surface area (Å²) >= 11 is 0. The van der Waals surface area contributed by atoms with E-state index < -0.39 is 29.3 Å². The number of halogens is 1. The highest BCUT2D eigenvalue weighted by atomic mass is 19.1. The van der Waals surface area contributed by atoms with E-state index in [9.17, 15) is 19.1 Å². The number of carbonyl (C=O) groups excluding carboxylic acids is 2. The first-order valence-corrected chi connectivity index (χ1v) is 8.51. The van der Waals surface area contributed by atoms with Crippen LogP contribution in [-0.4, -0.2) is 54.1 Å². The maximum atomic E-state index is 13.8. The molecule has 146 valence electrons. The summed E-state index contributed by atoms with van der Waals surface area (Å²) in [5.41, 5.74) is 0.201. The molecule has 1 aliphatic heterocycles. The monoisotopic (exact) mass is 386 g/mol. The van der Waals surface area contributed by atoms with E-state index in [1.807, 2.05) is 0 Å². The van der Waals surface area contributed by atoms with Gasteiger partial charge in [-0.3, -0.25) is 14.6 Å². The number of aliphatic hydroxyl groups is 1. The summed E-state index contributed by atoms with van der Waals surface area (Å²) in [5, 5.41) is 10.9. The maximum absolute atomic E-state index is 13.8. The van der Waals surface area contributed by atoms with Gasteiger partial charge in [-0.1, -0.05) is 6.07 Å². The van der Waals surface area contributed by atoms with Crippen LogP contribution in [0.15, 0.2) is 48.2 Å². The van der Waals surface area contributed by atoms with Crippen LogP contribution in [0.3, 0.4) is 0 Å². The minimum atomic E-state index is -0.927. The van der Waals surface area contributed by atoms with Crippen molar-refractivity contribution in [2.24, 2.45) is 0 Å². The van der Waals surface area contributed by atoms with Gasteiger partial charge in [0, 0.05) is 19.9 Å². The third-order valence-corrected chi connectivity index (χ3v) is 4.46. The number of aliphatic hydroxyl groups excluding tert-OH is 1. The zero-order valence-electron chi connectivity index (χ0n) is 15.4. The van der Waals surface area contributed by atoms with Gasteiger partial charge in [-0.15, -0.1) is 0 Å². The van der Waals surface area contributed by atoms with Crippen molar-refractivity contribution in [3.63, 3.8) is 0 Å². The van der Waals surface area contributed by atoms with Gasteiger partial charge >= 0.3 is 0 Å². The second-order valence-electron chi connectivity index (χ2n) is 6.08. The van der Waals surface area contributed by atoms with E-state index in [2.05, 4.69) is 4.98 Å². The van der Waals surface area contributed by atoms with Crippen LogP contribution in [0.25, 0.3) is 5.76 Å². The molecule has 8 heteroatoms. The third-order valence-electron chi connectivity index (χ3n) is 4.46. The van der Waals surface area contributed by atoms with E-state index in [1.54, 1.807) is 18.2 Å². The predicted molar refractivity (Wildman–Crippen MR) is 98.1 cm³/mol. The van der Waals surface area contributed by atoms with Crippen molar-refractivity contribution in [2.75, 3.05) is 27.4 Å². The number of amides is 1. The number of hydrogen-bond donors (Lipinski definition) is 1. The molecule has 1 saturated heterocycles. The fourth-order valence-electron chi connectivity index (χ4n) is 3.16. The van der Waals surface area contributed by atoms with Crippen LogP contribution in [0.4, 0.5) is 4.39 Å². The summed E-state index contributed by atoms with van der Waals surface area (Å²) in [6.45, 7) is 0.319. The topological polar surface area (TPSA) is 89.0 Å². The number of methoxy groups -OCH3 is 2. The predicted octanol–water partition coefficient (Wildman–Crippen LogP) is 2.30. The molecule has 28 heavy (non-hydrogen) atoms. The largest absolute Gasteiger partial charge is 0.507 e. The molecule has 0 bridgehead atoms. The summed E-state index contributed by atoms with van der Waals surface area (Å²) in [7, 11) is 2.83. The summed E-state index contributed by atoms with van der Waals surface area (Å²) < 4.78 is 24.0. The van der Waals surface area contributed by atoms with Gasteiger partial charge in [-0.2, -0.15) is 0 Å². The molecule has 1 N–H and O–H groups in total. The zero-order valence-corrected chi connectivity index (χ0v) is 15.4. The number of pyridine rings is 1. The minimum absolute atomic E-state index is 0.0202. The Labute approximate surface area is 161 Å². The molecular weight excluding hydrogens is 367 g/mol. The summed E-state index contributed by atoms with van der Waals surface area (Å²) in [6.07, 6.45) is 1.52. The lowest BCUT2D eigenvalue weighted by atomic mass is 9.98. The Morgan fingerprint density at radius 2 is 2.04 bits per heavy atom. The molecule has 1 atom stereocenters. The normalized spacial score (nSPS) is 18.5. The number of rotatable bonds is 6. The number of ketones is 1. The first-order valence-electron chi connectivity index (χ1n) is 8.51.